The molecule has 0 aliphatic carbocycles. The summed E-state index contributed by atoms with van der Waals surface area (Å²) in [6, 6.07) is 12.7. The zero-order valence-electron chi connectivity index (χ0n) is 16.4. The van der Waals surface area contributed by atoms with Crippen molar-refractivity contribution in [3.05, 3.63) is 53.6 Å². The van der Waals surface area contributed by atoms with Crippen LogP contribution in [0, 0.1) is 0 Å². The van der Waals surface area contributed by atoms with Crippen LogP contribution in [0.4, 0.5) is 5.69 Å². The van der Waals surface area contributed by atoms with Crippen molar-refractivity contribution in [3.8, 4) is 5.75 Å². The van der Waals surface area contributed by atoms with E-state index in [0.29, 0.717) is 24.5 Å². The lowest BCUT2D eigenvalue weighted by Crippen LogP contribution is -2.50. The summed E-state index contributed by atoms with van der Waals surface area (Å²) in [6.45, 7) is 2.34. The van der Waals surface area contributed by atoms with E-state index in [-0.39, 0.29) is 22.4 Å². The number of likely N-dealkylation sites (N-methyl/N-ethyl adjacent to an activating group) is 1. The Morgan fingerprint density at radius 3 is 2.34 bits per heavy atom. The highest BCUT2D eigenvalue weighted by Crippen LogP contribution is 2.32. The largest absolute Gasteiger partial charge is 0.495 e. The quantitative estimate of drug-likeness (QED) is 0.693. The SMILES string of the molecule is COc1ccc(N(CC(=O)N2CCN(C)CC2)S(=O)(=O)c2ccccc2)cc1Cl. The number of piperazine rings is 1. The normalized spacial score (nSPS) is 15.2. The summed E-state index contributed by atoms with van der Waals surface area (Å²) >= 11 is 6.22. The van der Waals surface area contributed by atoms with Gasteiger partial charge in [-0.15, -0.1) is 0 Å². The first kappa shape index (κ1) is 21.4. The van der Waals surface area contributed by atoms with Crippen molar-refractivity contribution in [2.24, 2.45) is 0 Å². The molecule has 29 heavy (non-hydrogen) atoms. The molecule has 0 aromatic heterocycles. The number of carbonyl (C=O) groups excluding carboxylic acids is 1. The van der Waals surface area contributed by atoms with Gasteiger partial charge in [-0.1, -0.05) is 29.8 Å². The monoisotopic (exact) mass is 437 g/mol. The smallest absolute Gasteiger partial charge is 0.264 e. The third-order valence-corrected chi connectivity index (χ3v) is 6.97. The predicted octanol–water partition coefficient (Wildman–Crippen LogP) is 2.32. The predicted molar refractivity (Wildman–Crippen MR) is 113 cm³/mol. The van der Waals surface area contributed by atoms with Crippen molar-refractivity contribution in [3.63, 3.8) is 0 Å². The van der Waals surface area contributed by atoms with Crippen molar-refractivity contribution in [2.75, 3.05) is 51.2 Å². The van der Waals surface area contributed by atoms with Crippen molar-refractivity contribution in [2.45, 2.75) is 4.90 Å². The molecule has 0 atom stereocenters. The maximum Gasteiger partial charge on any atom is 0.264 e. The van der Waals surface area contributed by atoms with E-state index in [1.54, 1.807) is 35.2 Å². The fourth-order valence-corrected chi connectivity index (χ4v) is 4.80. The van der Waals surface area contributed by atoms with Gasteiger partial charge in [-0.05, 0) is 37.4 Å². The van der Waals surface area contributed by atoms with Gasteiger partial charge in [0.1, 0.15) is 12.3 Å². The molecule has 1 heterocycles. The molecule has 1 amide bonds. The van der Waals surface area contributed by atoms with Gasteiger partial charge in [0.2, 0.25) is 5.91 Å². The first-order valence-corrected chi connectivity index (χ1v) is 11.0. The van der Waals surface area contributed by atoms with Crippen molar-refractivity contribution >= 4 is 33.2 Å². The first-order valence-electron chi connectivity index (χ1n) is 9.20. The average molecular weight is 438 g/mol. The molecular weight excluding hydrogens is 414 g/mol. The topological polar surface area (TPSA) is 70.2 Å². The van der Waals surface area contributed by atoms with Gasteiger partial charge in [0.05, 0.1) is 22.7 Å². The van der Waals surface area contributed by atoms with E-state index in [1.807, 2.05) is 7.05 Å². The summed E-state index contributed by atoms with van der Waals surface area (Å²) in [5.74, 6) is 0.183. The number of sulfonamides is 1. The minimum absolute atomic E-state index is 0.109. The number of nitrogens with zero attached hydrogens (tertiary/aromatic N) is 3. The fourth-order valence-electron chi connectivity index (χ4n) is 3.12. The van der Waals surface area contributed by atoms with Gasteiger partial charge >= 0.3 is 0 Å². The van der Waals surface area contributed by atoms with Crippen molar-refractivity contribution in [1.29, 1.82) is 0 Å². The van der Waals surface area contributed by atoms with Crippen LogP contribution >= 0.6 is 11.6 Å². The van der Waals surface area contributed by atoms with E-state index in [2.05, 4.69) is 4.90 Å². The average Bonchev–Trinajstić information content (AvgIpc) is 2.72. The van der Waals surface area contributed by atoms with Crippen LogP contribution in [0.25, 0.3) is 0 Å². The minimum Gasteiger partial charge on any atom is -0.495 e. The molecule has 0 spiro atoms. The number of rotatable bonds is 6. The zero-order valence-corrected chi connectivity index (χ0v) is 18.0. The summed E-state index contributed by atoms with van der Waals surface area (Å²) in [4.78, 5) is 16.9. The van der Waals surface area contributed by atoms with Gasteiger partial charge in [-0.25, -0.2) is 8.42 Å². The summed E-state index contributed by atoms with van der Waals surface area (Å²) in [7, 11) is -0.483. The second-order valence-corrected chi connectivity index (χ2v) is 9.10. The fraction of sp³-hybridized carbons (Fsp3) is 0.350. The van der Waals surface area contributed by atoms with Crippen molar-refractivity contribution < 1.29 is 17.9 Å². The molecule has 0 bridgehead atoms. The summed E-state index contributed by atoms with van der Waals surface area (Å²) < 4.78 is 32.9. The van der Waals surface area contributed by atoms with Gasteiger partial charge in [0.15, 0.2) is 0 Å². The molecule has 156 valence electrons. The Morgan fingerprint density at radius 1 is 1.10 bits per heavy atom. The third kappa shape index (κ3) is 4.83. The Hall–Kier alpha value is -2.29. The Labute approximate surface area is 176 Å². The molecule has 2 aromatic carbocycles. The van der Waals surface area contributed by atoms with Crippen molar-refractivity contribution in [1.82, 2.24) is 9.80 Å². The summed E-state index contributed by atoms with van der Waals surface area (Å²) in [5.41, 5.74) is 0.308. The number of carbonyl (C=O) groups is 1. The molecule has 1 aliphatic heterocycles. The lowest BCUT2D eigenvalue weighted by molar-refractivity contribution is -0.131. The molecule has 1 fully saturated rings. The number of benzene rings is 2. The molecule has 1 aliphatic rings. The standard InChI is InChI=1S/C20H24ClN3O4S/c1-22-10-12-23(13-11-22)20(25)15-24(16-8-9-19(28-2)18(21)14-16)29(26,27)17-6-4-3-5-7-17/h3-9,14H,10-13,15H2,1-2H3. The third-order valence-electron chi connectivity index (χ3n) is 4.89. The van der Waals surface area contributed by atoms with Crippen LogP contribution in [0.2, 0.25) is 5.02 Å². The maximum atomic E-state index is 13.3. The van der Waals surface area contributed by atoms with E-state index < -0.39 is 10.0 Å². The maximum absolute atomic E-state index is 13.3. The van der Waals surface area contributed by atoms with Gasteiger partial charge in [0.25, 0.3) is 10.0 Å². The summed E-state index contributed by atoms with van der Waals surface area (Å²) in [5, 5.41) is 0.269. The molecular formula is C20H24ClN3O4S. The molecule has 3 rings (SSSR count). The molecule has 0 N–H and O–H groups in total. The Balaban J connectivity index is 1.95. The van der Waals surface area contributed by atoms with Crippen LogP contribution < -0.4 is 9.04 Å². The molecule has 9 heteroatoms. The highest BCUT2D eigenvalue weighted by Gasteiger charge is 2.30. The van der Waals surface area contributed by atoms with E-state index >= 15 is 0 Å². The van der Waals surface area contributed by atoms with Gasteiger partial charge < -0.3 is 14.5 Å². The van der Waals surface area contributed by atoms with Crippen LogP contribution in [0.15, 0.2) is 53.4 Å². The number of hydrogen-bond donors (Lipinski definition) is 0. The number of ether oxygens (including phenoxy) is 1. The van der Waals surface area contributed by atoms with Crippen LogP contribution in [0.3, 0.4) is 0 Å². The van der Waals surface area contributed by atoms with Crippen LogP contribution in [0.5, 0.6) is 5.75 Å². The number of halogens is 1. The Bertz CT molecular complexity index is 961. The highest BCUT2D eigenvalue weighted by atomic mass is 35.5. The van der Waals surface area contributed by atoms with Crippen LogP contribution in [-0.4, -0.2) is 71.0 Å². The Kier molecular flexibility index (Phi) is 6.66. The Morgan fingerprint density at radius 2 is 1.76 bits per heavy atom. The lowest BCUT2D eigenvalue weighted by Gasteiger charge is -2.34. The molecule has 7 nitrogen and oxygen atoms in total. The molecule has 2 aromatic rings. The van der Waals surface area contributed by atoms with Gasteiger partial charge in [0, 0.05) is 26.2 Å². The lowest BCUT2D eigenvalue weighted by atomic mass is 10.3. The van der Waals surface area contributed by atoms with E-state index in [1.165, 1.54) is 25.3 Å². The molecule has 0 radical (unpaired) electrons. The van der Waals surface area contributed by atoms with Crippen LogP contribution in [-0.2, 0) is 14.8 Å². The minimum atomic E-state index is -3.96. The van der Waals surface area contributed by atoms with Gasteiger partial charge in [-0.3, -0.25) is 9.10 Å². The number of amides is 1. The number of anilines is 1. The second-order valence-electron chi connectivity index (χ2n) is 6.83. The highest BCUT2D eigenvalue weighted by molar-refractivity contribution is 7.92. The van der Waals surface area contributed by atoms with E-state index in [9.17, 15) is 13.2 Å². The van der Waals surface area contributed by atoms with Crippen LogP contribution in [0.1, 0.15) is 0 Å². The zero-order chi connectivity index (χ0) is 21.0. The van der Waals surface area contributed by atoms with E-state index in [0.717, 1.165) is 17.4 Å². The first-order chi connectivity index (χ1) is 13.8. The van der Waals surface area contributed by atoms with E-state index in [4.69, 9.17) is 16.3 Å². The number of methoxy groups -OCH3 is 1. The number of hydrogen-bond acceptors (Lipinski definition) is 5. The molecule has 0 saturated carbocycles. The second kappa shape index (κ2) is 9.02. The molecule has 1 saturated heterocycles. The summed E-state index contributed by atoms with van der Waals surface area (Å²) in [6.07, 6.45) is 0. The molecule has 0 unspecified atom stereocenters. The van der Waals surface area contributed by atoms with Gasteiger partial charge in [-0.2, -0.15) is 0 Å².